The molecule has 0 saturated heterocycles. The fraction of sp³-hybridized carbons (Fsp3) is 0.786. The van der Waals surface area contributed by atoms with Crippen molar-refractivity contribution in [2.24, 2.45) is 11.1 Å². The number of aromatic nitrogens is 3. The Morgan fingerprint density at radius 1 is 1.40 bits per heavy atom. The lowest BCUT2D eigenvalue weighted by Crippen LogP contribution is -2.46. The van der Waals surface area contributed by atoms with E-state index >= 15 is 0 Å². The van der Waals surface area contributed by atoms with Gasteiger partial charge in [0.15, 0.2) is 5.82 Å². The van der Waals surface area contributed by atoms with E-state index in [1.807, 2.05) is 20.9 Å². The third-order valence-corrected chi connectivity index (χ3v) is 4.61. The third-order valence-electron chi connectivity index (χ3n) is 4.61. The van der Waals surface area contributed by atoms with Crippen LogP contribution in [0.5, 0.6) is 0 Å². The molecule has 2 heterocycles. The number of hydrogen-bond acceptors (Lipinski definition) is 4. The smallest absolute Gasteiger partial charge is 0.230 e. The molecule has 0 unspecified atom stereocenters. The predicted octanol–water partition coefficient (Wildman–Crippen LogP) is 0.948. The fourth-order valence-electron chi connectivity index (χ4n) is 2.94. The molecule has 0 spiro atoms. The summed E-state index contributed by atoms with van der Waals surface area (Å²) in [5, 5.41) is 8.39. The monoisotopic (exact) mass is 279 g/mol. The number of hydrogen-bond donors (Lipinski definition) is 1. The van der Waals surface area contributed by atoms with Crippen LogP contribution in [0.4, 0.5) is 0 Å². The molecule has 2 N–H and O–H groups in total. The first-order chi connectivity index (χ1) is 9.57. The first kappa shape index (κ1) is 15.0. The van der Waals surface area contributed by atoms with Gasteiger partial charge in [0.25, 0.3) is 0 Å². The fourth-order valence-corrected chi connectivity index (χ4v) is 2.94. The molecule has 2 rings (SSSR count). The van der Waals surface area contributed by atoms with Crippen LogP contribution in [0.1, 0.15) is 44.8 Å². The summed E-state index contributed by atoms with van der Waals surface area (Å²) in [4.78, 5) is 14.4. The lowest BCUT2D eigenvalue weighted by Gasteiger charge is -2.33. The molecule has 6 heteroatoms. The Kier molecular flexibility index (Phi) is 4.42. The maximum Gasteiger partial charge on any atom is 0.230 e. The molecule has 1 aliphatic rings. The van der Waals surface area contributed by atoms with Crippen molar-refractivity contribution in [2.45, 2.75) is 52.6 Å². The second-order valence-corrected chi connectivity index (χ2v) is 5.64. The topological polar surface area (TPSA) is 77.0 Å². The molecule has 112 valence electrons. The molecule has 1 aromatic heterocycles. The Morgan fingerprint density at radius 2 is 2.10 bits per heavy atom. The summed E-state index contributed by atoms with van der Waals surface area (Å²) >= 11 is 0. The Labute approximate surface area is 120 Å². The lowest BCUT2D eigenvalue weighted by atomic mass is 9.81. The molecule has 0 aliphatic carbocycles. The number of amides is 1. The first-order valence-electron chi connectivity index (χ1n) is 7.44. The average Bonchev–Trinajstić information content (AvgIpc) is 3.06. The zero-order chi connectivity index (χ0) is 14.8. The van der Waals surface area contributed by atoms with Crippen LogP contribution in [0.25, 0.3) is 0 Å². The van der Waals surface area contributed by atoms with E-state index < -0.39 is 5.41 Å². The van der Waals surface area contributed by atoms with Gasteiger partial charge in [-0.1, -0.05) is 13.8 Å². The SMILES string of the molecule is CCC(CC)(CN)C(=O)N(C)Cc1nnc2n1CCC2. The van der Waals surface area contributed by atoms with Crippen LogP contribution in [0.15, 0.2) is 0 Å². The molecule has 0 saturated carbocycles. The molecule has 0 bridgehead atoms. The normalized spacial score (nSPS) is 14.4. The third kappa shape index (κ3) is 2.44. The maximum absolute atomic E-state index is 12.7. The summed E-state index contributed by atoms with van der Waals surface area (Å²) in [7, 11) is 1.83. The van der Waals surface area contributed by atoms with Gasteiger partial charge in [0.1, 0.15) is 5.82 Å². The summed E-state index contributed by atoms with van der Waals surface area (Å²) in [5.74, 6) is 2.03. The van der Waals surface area contributed by atoms with E-state index in [0.29, 0.717) is 13.1 Å². The minimum atomic E-state index is -0.442. The van der Waals surface area contributed by atoms with Gasteiger partial charge in [0.2, 0.25) is 5.91 Å². The number of carbonyl (C=O) groups excluding carboxylic acids is 1. The van der Waals surface area contributed by atoms with Crippen molar-refractivity contribution in [2.75, 3.05) is 13.6 Å². The van der Waals surface area contributed by atoms with E-state index in [-0.39, 0.29) is 5.91 Å². The molecular weight excluding hydrogens is 254 g/mol. The summed E-state index contributed by atoms with van der Waals surface area (Å²) in [6.07, 6.45) is 3.63. The van der Waals surface area contributed by atoms with Crippen molar-refractivity contribution in [3.63, 3.8) is 0 Å². The van der Waals surface area contributed by atoms with E-state index in [4.69, 9.17) is 5.73 Å². The molecule has 6 nitrogen and oxygen atoms in total. The van der Waals surface area contributed by atoms with Gasteiger partial charge >= 0.3 is 0 Å². The van der Waals surface area contributed by atoms with Gasteiger partial charge in [0.05, 0.1) is 12.0 Å². The predicted molar refractivity (Wildman–Crippen MR) is 76.9 cm³/mol. The minimum Gasteiger partial charge on any atom is -0.338 e. The van der Waals surface area contributed by atoms with Crippen molar-refractivity contribution < 1.29 is 4.79 Å². The molecular formula is C14H25N5O. The highest BCUT2D eigenvalue weighted by atomic mass is 16.2. The molecule has 0 fully saturated rings. The van der Waals surface area contributed by atoms with Crippen molar-refractivity contribution in [1.82, 2.24) is 19.7 Å². The molecule has 1 aromatic rings. The highest BCUT2D eigenvalue weighted by Crippen LogP contribution is 2.28. The molecule has 0 aromatic carbocycles. The van der Waals surface area contributed by atoms with E-state index in [1.165, 1.54) is 0 Å². The molecule has 1 amide bonds. The molecule has 1 aliphatic heterocycles. The lowest BCUT2D eigenvalue weighted by molar-refractivity contribution is -0.141. The van der Waals surface area contributed by atoms with Crippen LogP contribution in [-0.2, 0) is 24.3 Å². The van der Waals surface area contributed by atoms with Gasteiger partial charge in [-0.05, 0) is 19.3 Å². The van der Waals surface area contributed by atoms with E-state index in [1.54, 1.807) is 4.90 Å². The second-order valence-electron chi connectivity index (χ2n) is 5.64. The molecule has 0 radical (unpaired) electrons. The molecule has 20 heavy (non-hydrogen) atoms. The average molecular weight is 279 g/mol. The van der Waals surface area contributed by atoms with E-state index in [0.717, 1.165) is 43.9 Å². The number of aryl methyl sites for hydroxylation is 1. The number of nitrogens with two attached hydrogens (primary N) is 1. The van der Waals surface area contributed by atoms with Gasteiger partial charge in [-0.2, -0.15) is 0 Å². The summed E-state index contributed by atoms with van der Waals surface area (Å²) in [6.45, 7) is 5.91. The highest BCUT2D eigenvalue weighted by Gasteiger charge is 2.36. The molecule has 0 atom stereocenters. The van der Waals surface area contributed by atoms with Crippen LogP contribution in [0, 0.1) is 5.41 Å². The number of nitrogens with zero attached hydrogens (tertiary/aromatic N) is 4. The Hall–Kier alpha value is -1.43. The van der Waals surface area contributed by atoms with Gasteiger partial charge in [-0.15, -0.1) is 10.2 Å². The zero-order valence-corrected chi connectivity index (χ0v) is 12.7. The number of carbonyl (C=O) groups is 1. The summed E-state index contributed by atoms with van der Waals surface area (Å²) in [5.41, 5.74) is 5.41. The summed E-state index contributed by atoms with van der Waals surface area (Å²) in [6, 6.07) is 0. The van der Waals surface area contributed by atoms with Gasteiger partial charge in [-0.3, -0.25) is 4.79 Å². The highest BCUT2D eigenvalue weighted by molar-refractivity contribution is 5.82. The maximum atomic E-state index is 12.7. The van der Waals surface area contributed by atoms with Crippen molar-refractivity contribution in [1.29, 1.82) is 0 Å². The van der Waals surface area contributed by atoms with Crippen LogP contribution in [0.2, 0.25) is 0 Å². The van der Waals surface area contributed by atoms with Crippen molar-refractivity contribution in [3.05, 3.63) is 11.6 Å². The van der Waals surface area contributed by atoms with Crippen LogP contribution in [-0.4, -0.2) is 39.2 Å². The second kappa shape index (κ2) is 5.91. The standard InChI is InChI=1S/C14H25N5O/c1-4-14(5-2,10-15)13(20)18(3)9-12-17-16-11-7-6-8-19(11)12/h4-10,15H2,1-3H3. The van der Waals surface area contributed by atoms with Gasteiger partial charge < -0.3 is 15.2 Å². The quantitative estimate of drug-likeness (QED) is 0.841. The number of rotatable bonds is 6. The zero-order valence-electron chi connectivity index (χ0n) is 12.7. The van der Waals surface area contributed by atoms with E-state index in [2.05, 4.69) is 14.8 Å². The van der Waals surface area contributed by atoms with Crippen LogP contribution >= 0.6 is 0 Å². The van der Waals surface area contributed by atoms with Gasteiger partial charge in [-0.25, -0.2) is 0 Å². The van der Waals surface area contributed by atoms with Crippen molar-refractivity contribution in [3.8, 4) is 0 Å². The Balaban J connectivity index is 2.11. The van der Waals surface area contributed by atoms with Gasteiger partial charge in [0, 0.05) is 26.6 Å². The summed E-state index contributed by atoms with van der Waals surface area (Å²) < 4.78 is 2.13. The number of fused-ring (bicyclic) bond motifs is 1. The van der Waals surface area contributed by atoms with E-state index in [9.17, 15) is 4.79 Å². The van der Waals surface area contributed by atoms with Crippen LogP contribution < -0.4 is 5.73 Å². The van der Waals surface area contributed by atoms with Crippen LogP contribution in [0.3, 0.4) is 0 Å². The Bertz CT molecular complexity index is 470. The first-order valence-corrected chi connectivity index (χ1v) is 7.44. The largest absolute Gasteiger partial charge is 0.338 e. The minimum absolute atomic E-state index is 0.111. The van der Waals surface area contributed by atoms with Crippen molar-refractivity contribution >= 4 is 5.91 Å². The Morgan fingerprint density at radius 3 is 2.70 bits per heavy atom.